The minimum Gasteiger partial charge on any atom is -0.465 e. The van der Waals surface area contributed by atoms with Crippen molar-refractivity contribution in [1.82, 2.24) is 9.47 Å². The molecule has 1 amide bonds. The van der Waals surface area contributed by atoms with Crippen LogP contribution in [-0.4, -0.2) is 41.5 Å². The summed E-state index contributed by atoms with van der Waals surface area (Å²) in [4.78, 5) is 45.9. The van der Waals surface area contributed by atoms with Crippen molar-refractivity contribution >= 4 is 40.9 Å². The Balaban J connectivity index is 1.89. The lowest BCUT2D eigenvalue weighted by atomic mass is 9.94. The van der Waals surface area contributed by atoms with E-state index in [2.05, 4.69) is 4.99 Å². The Kier molecular flexibility index (Phi) is 7.56. The summed E-state index contributed by atoms with van der Waals surface area (Å²) in [7, 11) is 1.33. The highest BCUT2D eigenvalue weighted by molar-refractivity contribution is 7.07. The molecule has 2 aromatic carbocycles. The molecule has 0 radical (unpaired) electrons. The van der Waals surface area contributed by atoms with Gasteiger partial charge in [0.05, 0.1) is 34.5 Å². The molecule has 0 N–H and O–H groups in total. The first kappa shape index (κ1) is 25.6. The third-order valence-electron chi connectivity index (χ3n) is 6.12. The molecule has 186 valence electrons. The second-order valence-corrected chi connectivity index (χ2v) is 9.67. The maximum absolute atomic E-state index is 13.7. The molecule has 7 nitrogen and oxygen atoms in total. The van der Waals surface area contributed by atoms with E-state index in [0.29, 0.717) is 44.3 Å². The van der Waals surface area contributed by atoms with E-state index in [9.17, 15) is 14.4 Å². The van der Waals surface area contributed by atoms with Gasteiger partial charge in [0, 0.05) is 18.1 Å². The highest BCUT2D eigenvalue weighted by Gasteiger charge is 2.34. The van der Waals surface area contributed by atoms with Gasteiger partial charge in [-0.25, -0.2) is 9.79 Å². The zero-order valence-corrected chi connectivity index (χ0v) is 22.0. The molecule has 0 bridgehead atoms. The second kappa shape index (κ2) is 10.6. The number of carbonyl (C=O) groups is 2. The smallest absolute Gasteiger partial charge is 0.337 e. The van der Waals surface area contributed by atoms with Gasteiger partial charge in [0.2, 0.25) is 0 Å². The fraction of sp³-hybridized carbons (Fsp3) is 0.259. The van der Waals surface area contributed by atoms with Crippen LogP contribution in [0.5, 0.6) is 0 Å². The lowest BCUT2D eigenvalue weighted by Crippen LogP contribution is -2.43. The topological polar surface area (TPSA) is 81.0 Å². The van der Waals surface area contributed by atoms with E-state index in [4.69, 9.17) is 16.3 Å². The van der Waals surface area contributed by atoms with Gasteiger partial charge in [0.25, 0.3) is 11.5 Å². The van der Waals surface area contributed by atoms with Gasteiger partial charge in [-0.3, -0.25) is 14.2 Å². The van der Waals surface area contributed by atoms with Crippen molar-refractivity contribution in [2.24, 2.45) is 4.99 Å². The summed E-state index contributed by atoms with van der Waals surface area (Å²) < 4.78 is 6.81. The fourth-order valence-corrected chi connectivity index (χ4v) is 5.39. The minimum absolute atomic E-state index is 0.145. The van der Waals surface area contributed by atoms with Crippen molar-refractivity contribution in [3.8, 4) is 0 Å². The molecule has 0 aliphatic carbocycles. The Morgan fingerprint density at radius 3 is 2.33 bits per heavy atom. The molecule has 0 unspecified atom stereocenters. The molecule has 1 aromatic heterocycles. The van der Waals surface area contributed by atoms with E-state index in [1.54, 1.807) is 51.9 Å². The number of likely N-dealkylation sites (N-methyl/N-ethyl adjacent to an activating group) is 1. The second-order valence-electron chi connectivity index (χ2n) is 8.22. The molecule has 1 aliphatic rings. The highest BCUT2D eigenvalue weighted by atomic mass is 35.5. The molecule has 0 saturated heterocycles. The van der Waals surface area contributed by atoms with Crippen molar-refractivity contribution in [3.05, 3.63) is 101 Å². The number of amides is 1. The van der Waals surface area contributed by atoms with Gasteiger partial charge >= 0.3 is 5.97 Å². The van der Waals surface area contributed by atoms with Crippen LogP contribution >= 0.6 is 22.9 Å². The van der Waals surface area contributed by atoms with Crippen LogP contribution in [0.15, 0.2) is 69.6 Å². The van der Waals surface area contributed by atoms with E-state index in [-0.39, 0.29) is 11.5 Å². The molecular formula is C27H26ClN3O4S. The quantitative estimate of drug-likeness (QED) is 0.463. The van der Waals surface area contributed by atoms with Gasteiger partial charge in [-0.2, -0.15) is 0 Å². The lowest BCUT2D eigenvalue weighted by Gasteiger charge is -2.29. The number of hydrogen-bond donors (Lipinski definition) is 0. The number of ether oxygens (including phenoxy) is 1. The molecule has 0 saturated carbocycles. The molecule has 36 heavy (non-hydrogen) atoms. The number of fused-ring (bicyclic) bond motifs is 1. The Morgan fingerprint density at radius 1 is 1.11 bits per heavy atom. The van der Waals surface area contributed by atoms with Gasteiger partial charge in [-0.05, 0) is 62.2 Å². The van der Waals surface area contributed by atoms with Crippen LogP contribution < -0.4 is 14.9 Å². The number of methoxy groups -OCH3 is 1. The number of thiazole rings is 1. The number of nitrogens with zero attached hydrogens (tertiary/aromatic N) is 3. The average Bonchev–Trinajstić information content (AvgIpc) is 3.18. The average molecular weight is 524 g/mol. The predicted octanol–water partition coefficient (Wildman–Crippen LogP) is 3.54. The maximum atomic E-state index is 13.7. The Morgan fingerprint density at radius 2 is 1.75 bits per heavy atom. The molecule has 2 heterocycles. The van der Waals surface area contributed by atoms with Crippen molar-refractivity contribution in [2.45, 2.75) is 26.8 Å². The SMILES string of the molecule is CCN(CC)C(=O)C1=C(C)N=c2s/c(=C/c3ccc(C(=O)OC)cc3)c(=O)n2[C@@H]1c1ccc(Cl)cc1. The first-order valence-electron chi connectivity index (χ1n) is 11.5. The lowest BCUT2D eigenvalue weighted by molar-refractivity contribution is -0.127. The minimum atomic E-state index is -0.629. The van der Waals surface area contributed by atoms with E-state index in [0.717, 1.165) is 11.1 Å². The number of benzene rings is 2. The largest absolute Gasteiger partial charge is 0.465 e. The van der Waals surface area contributed by atoms with Crippen molar-refractivity contribution in [2.75, 3.05) is 20.2 Å². The van der Waals surface area contributed by atoms with Crippen LogP contribution in [0.4, 0.5) is 0 Å². The maximum Gasteiger partial charge on any atom is 0.337 e. The third-order valence-corrected chi connectivity index (χ3v) is 7.35. The Hall–Kier alpha value is -3.49. The van der Waals surface area contributed by atoms with Gasteiger partial charge in [0.1, 0.15) is 0 Å². The van der Waals surface area contributed by atoms with Crippen LogP contribution in [0.2, 0.25) is 5.02 Å². The van der Waals surface area contributed by atoms with Gasteiger partial charge < -0.3 is 9.64 Å². The normalized spacial score (nSPS) is 15.4. The monoisotopic (exact) mass is 523 g/mol. The number of halogens is 1. The van der Waals surface area contributed by atoms with Crippen LogP contribution in [0.1, 0.15) is 48.3 Å². The molecule has 0 fully saturated rings. The summed E-state index contributed by atoms with van der Waals surface area (Å²) in [5.41, 5.74) is 2.78. The van der Waals surface area contributed by atoms with Crippen molar-refractivity contribution in [1.29, 1.82) is 0 Å². The number of aromatic nitrogens is 1. The van der Waals surface area contributed by atoms with Crippen LogP contribution in [0.25, 0.3) is 6.08 Å². The zero-order valence-electron chi connectivity index (χ0n) is 20.4. The summed E-state index contributed by atoms with van der Waals surface area (Å²) in [6, 6.07) is 13.4. The van der Waals surface area contributed by atoms with E-state index < -0.39 is 12.0 Å². The van der Waals surface area contributed by atoms with Crippen LogP contribution in [0.3, 0.4) is 0 Å². The molecule has 9 heteroatoms. The summed E-state index contributed by atoms with van der Waals surface area (Å²) in [5, 5.41) is 0.568. The Bertz CT molecular complexity index is 1510. The number of allylic oxidation sites excluding steroid dienone is 1. The molecule has 1 aliphatic heterocycles. The molecule has 3 aromatic rings. The summed E-state index contributed by atoms with van der Waals surface area (Å²) in [6.45, 7) is 6.75. The highest BCUT2D eigenvalue weighted by Crippen LogP contribution is 2.31. The van der Waals surface area contributed by atoms with E-state index in [1.165, 1.54) is 18.4 Å². The first-order chi connectivity index (χ1) is 17.3. The van der Waals surface area contributed by atoms with Crippen molar-refractivity contribution in [3.63, 3.8) is 0 Å². The van der Waals surface area contributed by atoms with Gasteiger partial charge in [-0.1, -0.05) is 47.2 Å². The summed E-state index contributed by atoms with van der Waals surface area (Å²) in [6.07, 6.45) is 1.76. The molecule has 4 rings (SSSR count). The summed E-state index contributed by atoms with van der Waals surface area (Å²) >= 11 is 7.40. The fourth-order valence-electron chi connectivity index (χ4n) is 4.22. The molecular weight excluding hydrogens is 498 g/mol. The predicted molar refractivity (Wildman–Crippen MR) is 141 cm³/mol. The number of carbonyl (C=O) groups excluding carboxylic acids is 2. The van der Waals surface area contributed by atoms with Crippen LogP contribution in [-0.2, 0) is 9.53 Å². The third kappa shape index (κ3) is 4.79. The van der Waals surface area contributed by atoms with Gasteiger partial charge in [-0.15, -0.1) is 0 Å². The zero-order chi connectivity index (χ0) is 26.0. The van der Waals surface area contributed by atoms with Gasteiger partial charge in [0.15, 0.2) is 4.80 Å². The van der Waals surface area contributed by atoms with E-state index in [1.807, 2.05) is 32.9 Å². The number of rotatable bonds is 6. The first-order valence-corrected chi connectivity index (χ1v) is 12.7. The van der Waals surface area contributed by atoms with E-state index >= 15 is 0 Å². The van der Waals surface area contributed by atoms with Crippen LogP contribution in [0, 0.1) is 0 Å². The standard InChI is InChI=1S/C27H26ClN3O4S/c1-5-30(6-2)25(33)22-16(3)29-27-31(23(22)18-11-13-20(28)14-12-18)24(32)21(36-27)15-17-7-9-19(10-8-17)26(34)35-4/h7-15,23H,5-6H2,1-4H3/b21-15+/t23-/m1/s1. The Labute approximate surface area is 217 Å². The summed E-state index contributed by atoms with van der Waals surface area (Å²) in [5.74, 6) is -0.571. The number of hydrogen-bond acceptors (Lipinski definition) is 6. The molecule has 0 spiro atoms. The van der Waals surface area contributed by atoms with Crippen molar-refractivity contribution < 1.29 is 14.3 Å². The molecule has 1 atom stereocenters. The number of esters is 1.